The number of hydrogen-bond donors (Lipinski definition) is 4. The Kier molecular flexibility index (Phi) is 9.31. The van der Waals surface area contributed by atoms with Crippen molar-refractivity contribution in [2.24, 2.45) is 0 Å². The number of carboxylic acids is 1. The molecule has 2 rings (SSSR count). The Morgan fingerprint density at radius 1 is 0.929 bits per heavy atom. The molecule has 1 fully saturated rings. The van der Waals surface area contributed by atoms with Crippen molar-refractivity contribution < 1.29 is 19.5 Å². The SMILES string of the molecule is O=C(CCCCCNC(=O)NC1CCCCC1)NCc1ccc(C(=O)O)cc1. The van der Waals surface area contributed by atoms with Gasteiger partial charge in [-0.3, -0.25) is 4.79 Å². The third kappa shape index (κ3) is 8.41. The molecule has 0 aromatic heterocycles. The Labute approximate surface area is 166 Å². The van der Waals surface area contributed by atoms with Gasteiger partial charge < -0.3 is 21.1 Å². The van der Waals surface area contributed by atoms with Crippen LogP contribution in [0.15, 0.2) is 24.3 Å². The zero-order valence-corrected chi connectivity index (χ0v) is 16.3. The number of carboxylic acid groups (broad SMARTS) is 1. The average molecular weight is 389 g/mol. The van der Waals surface area contributed by atoms with Gasteiger partial charge in [-0.15, -0.1) is 0 Å². The third-order valence-corrected chi connectivity index (χ3v) is 5.00. The third-order valence-electron chi connectivity index (χ3n) is 5.00. The van der Waals surface area contributed by atoms with Crippen LogP contribution in [0.3, 0.4) is 0 Å². The molecule has 0 unspecified atom stereocenters. The molecule has 1 aromatic rings. The number of rotatable bonds is 10. The van der Waals surface area contributed by atoms with Crippen LogP contribution >= 0.6 is 0 Å². The molecule has 1 saturated carbocycles. The first kappa shape index (κ1) is 21.7. The standard InChI is InChI=1S/C21H31N3O4/c25-19(23-15-16-10-12-17(13-11-16)20(26)27)9-5-2-6-14-22-21(28)24-18-7-3-1-4-8-18/h10-13,18H,1-9,14-15H2,(H,23,25)(H,26,27)(H2,22,24,28). The van der Waals surface area contributed by atoms with Gasteiger partial charge in [0.1, 0.15) is 0 Å². The van der Waals surface area contributed by atoms with E-state index in [1.807, 2.05) is 0 Å². The minimum absolute atomic E-state index is 0.0229. The van der Waals surface area contributed by atoms with Gasteiger partial charge in [-0.25, -0.2) is 9.59 Å². The quantitative estimate of drug-likeness (QED) is 0.461. The number of carbonyl (C=O) groups is 3. The molecule has 4 N–H and O–H groups in total. The number of amides is 3. The summed E-state index contributed by atoms with van der Waals surface area (Å²) in [6.07, 6.45) is 8.76. The number of hydrogen-bond acceptors (Lipinski definition) is 3. The van der Waals surface area contributed by atoms with Crippen molar-refractivity contribution in [3.63, 3.8) is 0 Å². The van der Waals surface area contributed by atoms with Crippen LogP contribution in [0, 0.1) is 0 Å². The summed E-state index contributed by atoms with van der Waals surface area (Å²) < 4.78 is 0. The molecule has 1 aliphatic carbocycles. The summed E-state index contributed by atoms with van der Waals surface area (Å²) in [6, 6.07) is 6.70. The molecule has 0 aliphatic heterocycles. The summed E-state index contributed by atoms with van der Waals surface area (Å²) in [5.41, 5.74) is 1.10. The summed E-state index contributed by atoms with van der Waals surface area (Å²) >= 11 is 0. The predicted molar refractivity (Wildman–Crippen MR) is 107 cm³/mol. The van der Waals surface area contributed by atoms with Crippen molar-refractivity contribution in [2.75, 3.05) is 6.54 Å². The summed E-state index contributed by atoms with van der Waals surface area (Å²) in [4.78, 5) is 34.5. The van der Waals surface area contributed by atoms with E-state index in [2.05, 4.69) is 16.0 Å². The lowest BCUT2D eigenvalue weighted by Gasteiger charge is -2.22. The number of nitrogens with one attached hydrogen (secondary N) is 3. The van der Waals surface area contributed by atoms with Crippen molar-refractivity contribution in [2.45, 2.75) is 70.4 Å². The lowest BCUT2D eigenvalue weighted by atomic mass is 9.96. The van der Waals surface area contributed by atoms with Gasteiger partial charge in [0.05, 0.1) is 5.56 Å². The first-order valence-corrected chi connectivity index (χ1v) is 10.2. The second-order valence-corrected chi connectivity index (χ2v) is 7.32. The van der Waals surface area contributed by atoms with Crippen molar-refractivity contribution in [3.05, 3.63) is 35.4 Å². The van der Waals surface area contributed by atoms with E-state index in [1.165, 1.54) is 31.4 Å². The summed E-state index contributed by atoms with van der Waals surface area (Å²) in [5.74, 6) is -0.984. The van der Waals surface area contributed by atoms with E-state index < -0.39 is 5.97 Å². The topological polar surface area (TPSA) is 108 Å². The van der Waals surface area contributed by atoms with Crippen LogP contribution in [0.4, 0.5) is 4.79 Å². The minimum Gasteiger partial charge on any atom is -0.478 e. The van der Waals surface area contributed by atoms with Gasteiger partial charge >= 0.3 is 12.0 Å². The maximum atomic E-state index is 11.9. The van der Waals surface area contributed by atoms with Crippen LogP contribution in [0.1, 0.15) is 73.7 Å². The van der Waals surface area contributed by atoms with Crippen LogP contribution in [0.2, 0.25) is 0 Å². The summed E-state index contributed by atoms with van der Waals surface area (Å²) in [6.45, 7) is 1.01. The van der Waals surface area contributed by atoms with E-state index in [0.717, 1.165) is 37.7 Å². The van der Waals surface area contributed by atoms with Crippen molar-refractivity contribution >= 4 is 17.9 Å². The monoisotopic (exact) mass is 389 g/mol. The smallest absolute Gasteiger partial charge is 0.335 e. The molecule has 0 bridgehead atoms. The van der Waals surface area contributed by atoms with Gasteiger partial charge in [-0.05, 0) is 43.4 Å². The molecule has 1 aliphatic rings. The largest absolute Gasteiger partial charge is 0.478 e. The highest BCUT2D eigenvalue weighted by atomic mass is 16.4. The second kappa shape index (κ2) is 12.0. The Hall–Kier alpha value is -2.57. The molecule has 0 saturated heterocycles. The Balaban J connectivity index is 1.48. The van der Waals surface area contributed by atoms with Crippen LogP contribution in [0.5, 0.6) is 0 Å². The van der Waals surface area contributed by atoms with E-state index in [1.54, 1.807) is 12.1 Å². The van der Waals surface area contributed by atoms with E-state index in [9.17, 15) is 14.4 Å². The molecule has 7 nitrogen and oxygen atoms in total. The maximum absolute atomic E-state index is 11.9. The number of aromatic carboxylic acids is 1. The van der Waals surface area contributed by atoms with Crippen LogP contribution < -0.4 is 16.0 Å². The van der Waals surface area contributed by atoms with Crippen molar-refractivity contribution in [1.29, 1.82) is 0 Å². The van der Waals surface area contributed by atoms with E-state index in [-0.39, 0.29) is 17.5 Å². The summed E-state index contributed by atoms with van der Waals surface area (Å²) in [7, 11) is 0. The van der Waals surface area contributed by atoms with E-state index in [4.69, 9.17) is 5.11 Å². The predicted octanol–water partition coefficient (Wildman–Crippen LogP) is 3.19. The highest BCUT2D eigenvalue weighted by molar-refractivity contribution is 5.87. The van der Waals surface area contributed by atoms with Gasteiger partial charge in [0.2, 0.25) is 5.91 Å². The molecular formula is C21H31N3O4. The molecule has 7 heteroatoms. The van der Waals surface area contributed by atoms with Crippen LogP contribution in [0.25, 0.3) is 0 Å². The molecule has 154 valence electrons. The minimum atomic E-state index is -0.962. The molecule has 28 heavy (non-hydrogen) atoms. The molecule has 0 atom stereocenters. The molecule has 3 amide bonds. The fourth-order valence-electron chi connectivity index (χ4n) is 3.33. The molecule has 0 radical (unpaired) electrons. The van der Waals surface area contributed by atoms with Gasteiger partial charge in [0.25, 0.3) is 0 Å². The van der Waals surface area contributed by atoms with Gasteiger partial charge in [-0.2, -0.15) is 0 Å². The van der Waals surface area contributed by atoms with Crippen LogP contribution in [-0.4, -0.2) is 35.6 Å². The number of carbonyl (C=O) groups excluding carboxylic acids is 2. The number of unbranched alkanes of at least 4 members (excludes halogenated alkanes) is 2. The number of benzene rings is 1. The first-order valence-electron chi connectivity index (χ1n) is 10.2. The lowest BCUT2D eigenvalue weighted by Crippen LogP contribution is -2.43. The van der Waals surface area contributed by atoms with E-state index >= 15 is 0 Å². The second-order valence-electron chi connectivity index (χ2n) is 7.32. The van der Waals surface area contributed by atoms with Crippen LogP contribution in [-0.2, 0) is 11.3 Å². The van der Waals surface area contributed by atoms with Gasteiger partial charge in [0.15, 0.2) is 0 Å². The lowest BCUT2D eigenvalue weighted by molar-refractivity contribution is -0.121. The molecule has 1 aromatic carbocycles. The highest BCUT2D eigenvalue weighted by Crippen LogP contribution is 2.17. The zero-order chi connectivity index (χ0) is 20.2. The molecule has 0 heterocycles. The summed E-state index contributed by atoms with van der Waals surface area (Å²) in [5, 5.41) is 17.6. The zero-order valence-electron chi connectivity index (χ0n) is 16.3. The maximum Gasteiger partial charge on any atom is 0.335 e. The fourth-order valence-corrected chi connectivity index (χ4v) is 3.33. The van der Waals surface area contributed by atoms with Crippen molar-refractivity contribution in [3.8, 4) is 0 Å². The Morgan fingerprint density at radius 3 is 2.32 bits per heavy atom. The van der Waals surface area contributed by atoms with Gasteiger partial charge in [-0.1, -0.05) is 37.8 Å². The Morgan fingerprint density at radius 2 is 1.64 bits per heavy atom. The fraction of sp³-hybridized carbons (Fsp3) is 0.571. The first-order chi connectivity index (χ1) is 13.5. The number of urea groups is 1. The molecular weight excluding hydrogens is 358 g/mol. The van der Waals surface area contributed by atoms with Crippen molar-refractivity contribution in [1.82, 2.24) is 16.0 Å². The average Bonchev–Trinajstić information content (AvgIpc) is 2.70. The molecule has 0 spiro atoms. The highest BCUT2D eigenvalue weighted by Gasteiger charge is 2.15. The Bertz CT molecular complexity index is 640. The van der Waals surface area contributed by atoms with Gasteiger partial charge in [0, 0.05) is 25.6 Å². The normalized spacial score (nSPS) is 14.3. The van der Waals surface area contributed by atoms with E-state index in [0.29, 0.717) is 25.6 Å².